The summed E-state index contributed by atoms with van der Waals surface area (Å²) < 4.78 is 0.925. The monoisotopic (exact) mass is 423 g/mol. The Kier molecular flexibility index (Phi) is 7.88. The van der Waals surface area contributed by atoms with Crippen LogP contribution in [0.25, 0.3) is 0 Å². The molecule has 0 bridgehead atoms. The predicted molar refractivity (Wildman–Crippen MR) is 106 cm³/mol. The maximum absolute atomic E-state index is 13.2. The second-order valence-electron chi connectivity index (χ2n) is 6.10. The molecule has 2 aromatic rings. The molecule has 1 amide bonds. The summed E-state index contributed by atoms with van der Waals surface area (Å²) >= 11 is 3.46. The molecule has 3 rings (SSSR count). The van der Waals surface area contributed by atoms with Gasteiger partial charge in [-0.15, -0.1) is 12.4 Å². The zero-order chi connectivity index (χ0) is 16.8. The molecule has 0 aliphatic carbocycles. The standard InChI is InChI=1S/C19H22BrN3O.ClH/c20-16-6-3-5-15(13-16)19(24)23(14-17-7-1-2-11-22-17)18-8-4-10-21-12-9-18;/h1-3,5-7,11,13,18,21H,4,8-10,12,14H2;1H. The van der Waals surface area contributed by atoms with Gasteiger partial charge in [0.2, 0.25) is 0 Å². The van der Waals surface area contributed by atoms with E-state index in [2.05, 4.69) is 26.2 Å². The van der Waals surface area contributed by atoms with Gasteiger partial charge in [-0.05, 0) is 62.7 Å². The van der Waals surface area contributed by atoms with Crippen LogP contribution in [0.4, 0.5) is 0 Å². The van der Waals surface area contributed by atoms with Gasteiger partial charge in [0.05, 0.1) is 12.2 Å². The summed E-state index contributed by atoms with van der Waals surface area (Å²) in [7, 11) is 0. The van der Waals surface area contributed by atoms with Crippen LogP contribution in [-0.2, 0) is 6.54 Å². The van der Waals surface area contributed by atoms with Crippen molar-refractivity contribution in [2.24, 2.45) is 0 Å². The Bertz CT molecular complexity index is 675. The Balaban J connectivity index is 0.00000225. The van der Waals surface area contributed by atoms with Gasteiger partial charge in [-0.2, -0.15) is 0 Å². The fourth-order valence-electron chi connectivity index (χ4n) is 3.13. The third-order valence-electron chi connectivity index (χ3n) is 4.38. The van der Waals surface area contributed by atoms with Crippen LogP contribution in [0.2, 0.25) is 0 Å². The zero-order valence-corrected chi connectivity index (χ0v) is 16.4. The molecule has 0 saturated carbocycles. The number of carbonyl (C=O) groups excluding carboxylic acids is 1. The lowest BCUT2D eigenvalue weighted by atomic mass is 10.0. The van der Waals surface area contributed by atoms with Gasteiger partial charge in [0, 0.05) is 22.3 Å². The van der Waals surface area contributed by atoms with Crippen LogP contribution in [0.3, 0.4) is 0 Å². The molecule has 0 spiro atoms. The maximum Gasteiger partial charge on any atom is 0.254 e. The summed E-state index contributed by atoms with van der Waals surface area (Å²) in [5.41, 5.74) is 1.65. The molecule has 4 nitrogen and oxygen atoms in total. The summed E-state index contributed by atoms with van der Waals surface area (Å²) in [6.45, 7) is 2.53. The van der Waals surface area contributed by atoms with Crippen LogP contribution in [0.5, 0.6) is 0 Å². The van der Waals surface area contributed by atoms with Crippen molar-refractivity contribution < 1.29 is 4.79 Å². The smallest absolute Gasteiger partial charge is 0.254 e. The van der Waals surface area contributed by atoms with E-state index < -0.39 is 0 Å². The number of halogens is 2. The molecule has 1 unspecified atom stereocenters. The van der Waals surface area contributed by atoms with E-state index in [4.69, 9.17) is 0 Å². The van der Waals surface area contributed by atoms with Crippen LogP contribution in [0.1, 0.15) is 35.3 Å². The van der Waals surface area contributed by atoms with E-state index in [-0.39, 0.29) is 24.4 Å². The van der Waals surface area contributed by atoms with Crippen LogP contribution >= 0.6 is 28.3 Å². The number of nitrogens with one attached hydrogen (secondary N) is 1. The summed E-state index contributed by atoms with van der Waals surface area (Å²) in [5.74, 6) is 0.0776. The first kappa shape index (κ1) is 19.9. The molecule has 1 aliphatic heterocycles. The first-order chi connectivity index (χ1) is 11.7. The Labute approximate surface area is 163 Å². The number of amides is 1. The average Bonchev–Trinajstić information content (AvgIpc) is 2.89. The van der Waals surface area contributed by atoms with Gasteiger partial charge >= 0.3 is 0 Å². The number of pyridine rings is 1. The number of nitrogens with zero attached hydrogens (tertiary/aromatic N) is 2. The fourth-order valence-corrected chi connectivity index (χ4v) is 3.53. The zero-order valence-electron chi connectivity index (χ0n) is 14.0. The summed E-state index contributed by atoms with van der Waals surface area (Å²) in [6.07, 6.45) is 4.88. The number of aromatic nitrogens is 1. The molecular weight excluding hydrogens is 402 g/mol. The van der Waals surface area contributed by atoms with Crippen molar-refractivity contribution in [3.05, 3.63) is 64.4 Å². The minimum Gasteiger partial charge on any atom is -0.330 e. The number of benzene rings is 1. The van der Waals surface area contributed by atoms with Crippen molar-refractivity contribution in [1.82, 2.24) is 15.2 Å². The van der Waals surface area contributed by atoms with Gasteiger partial charge in [-0.3, -0.25) is 9.78 Å². The van der Waals surface area contributed by atoms with Crippen molar-refractivity contribution in [3.63, 3.8) is 0 Å². The minimum atomic E-state index is 0. The van der Waals surface area contributed by atoms with Gasteiger partial charge in [0.1, 0.15) is 0 Å². The van der Waals surface area contributed by atoms with Crippen LogP contribution in [0.15, 0.2) is 53.1 Å². The van der Waals surface area contributed by atoms with E-state index in [0.29, 0.717) is 6.54 Å². The van der Waals surface area contributed by atoms with E-state index in [1.165, 1.54) is 0 Å². The summed E-state index contributed by atoms with van der Waals surface area (Å²) in [6, 6.07) is 13.7. The number of carbonyl (C=O) groups is 1. The second kappa shape index (κ2) is 9.90. The maximum atomic E-state index is 13.2. The van der Waals surface area contributed by atoms with Crippen LogP contribution < -0.4 is 5.32 Å². The Morgan fingerprint density at radius 1 is 1.20 bits per heavy atom. The average molecular weight is 425 g/mol. The molecule has 1 aliphatic rings. The van der Waals surface area contributed by atoms with Crippen LogP contribution in [-0.4, -0.2) is 34.9 Å². The van der Waals surface area contributed by atoms with Gasteiger partial charge < -0.3 is 10.2 Å². The molecule has 1 aromatic heterocycles. The van der Waals surface area contributed by atoms with E-state index >= 15 is 0 Å². The minimum absolute atomic E-state index is 0. The molecule has 1 saturated heterocycles. The molecule has 1 atom stereocenters. The van der Waals surface area contributed by atoms with Gasteiger partial charge in [0.15, 0.2) is 0 Å². The van der Waals surface area contributed by atoms with E-state index in [0.717, 1.165) is 48.1 Å². The number of hydrogen-bond acceptors (Lipinski definition) is 3. The van der Waals surface area contributed by atoms with Gasteiger partial charge in [-0.1, -0.05) is 28.1 Å². The number of rotatable bonds is 4. The second-order valence-corrected chi connectivity index (χ2v) is 7.01. The Morgan fingerprint density at radius 3 is 2.84 bits per heavy atom. The first-order valence-corrected chi connectivity index (χ1v) is 9.20. The molecule has 6 heteroatoms. The lowest BCUT2D eigenvalue weighted by molar-refractivity contribution is 0.0642. The van der Waals surface area contributed by atoms with Gasteiger partial charge in [0.25, 0.3) is 5.91 Å². The van der Waals surface area contributed by atoms with Crippen molar-refractivity contribution >= 4 is 34.2 Å². The van der Waals surface area contributed by atoms with Crippen molar-refractivity contribution in [3.8, 4) is 0 Å². The molecule has 0 radical (unpaired) electrons. The van der Waals surface area contributed by atoms with Gasteiger partial charge in [-0.25, -0.2) is 0 Å². The predicted octanol–water partition coefficient (Wildman–Crippen LogP) is 4.05. The lowest BCUT2D eigenvalue weighted by Crippen LogP contribution is -2.40. The van der Waals surface area contributed by atoms with Crippen LogP contribution in [0, 0.1) is 0 Å². The quantitative estimate of drug-likeness (QED) is 0.805. The summed E-state index contributed by atoms with van der Waals surface area (Å²) in [4.78, 5) is 19.6. The molecule has 134 valence electrons. The Hall–Kier alpha value is -1.43. The van der Waals surface area contributed by atoms with Crippen molar-refractivity contribution in [2.75, 3.05) is 13.1 Å². The molecule has 1 fully saturated rings. The third kappa shape index (κ3) is 5.53. The lowest BCUT2D eigenvalue weighted by Gasteiger charge is -2.31. The van der Waals surface area contributed by atoms with E-state index in [1.807, 2.05) is 47.4 Å². The normalized spacial score (nSPS) is 17.2. The molecule has 1 aromatic carbocycles. The molecular formula is C19H23BrClN3O. The SMILES string of the molecule is Cl.O=C(c1cccc(Br)c1)N(Cc1ccccn1)C1CCCNCC1. The van der Waals surface area contributed by atoms with Crippen molar-refractivity contribution in [1.29, 1.82) is 0 Å². The highest BCUT2D eigenvalue weighted by molar-refractivity contribution is 9.10. The molecule has 2 heterocycles. The highest BCUT2D eigenvalue weighted by Gasteiger charge is 2.26. The fraction of sp³-hybridized carbons (Fsp3) is 0.368. The number of hydrogen-bond donors (Lipinski definition) is 1. The topological polar surface area (TPSA) is 45.2 Å². The van der Waals surface area contributed by atoms with Crippen molar-refractivity contribution in [2.45, 2.75) is 31.8 Å². The molecule has 1 N–H and O–H groups in total. The van der Waals surface area contributed by atoms with E-state index in [9.17, 15) is 4.79 Å². The summed E-state index contributed by atoms with van der Waals surface area (Å²) in [5, 5.41) is 3.42. The highest BCUT2D eigenvalue weighted by Crippen LogP contribution is 2.21. The van der Waals surface area contributed by atoms with E-state index in [1.54, 1.807) is 6.20 Å². The third-order valence-corrected chi connectivity index (χ3v) is 4.87. The Morgan fingerprint density at radius 2 is 2.08 bits per heavy atom. The first-order valence-electron chi connectivity index (χ1n) is 8.41. The largest absolute Gasteiger partial charge is 0.330 e. The highest BCUT2D eigenvalue weighted by atomic mass is 79.9. The molecule has 25 heavy (non-hydrogen) atoms.